The molecule has 1 heterocycles. The predicted molar refractivity (Wildman–Crippen MR) is 82.9 cm³/mol. The summed E-state index contributed by atoms with van der Waals surface area (Å²) in [6.07, 6.45) is 0.688. The highest BCUT2D eigenvalue weighted by atomic mass is 19.1. The van der Waals surface area contributed by atoms with Crippen LogP contribution in [0.4, 0.5) is 4.39 Å². The fourth-order valence-electron chi connectivity index (χ4n) is 2.65. The third-order valence-corrected chi connectivity index (χ3v) is 3.78. The van der Waals surface area contributed by atoms with Crippen molar-refractivity contribution >= 4 is 11.0 Å². The molecule has 0 bridgehead atoms. The first kappa shape index (κ1) is 13.8. The first-order valence-electron chi connectivity index (χ1n) is 7.08. The summed E-state index contributed by atoms with van der Waals surface area (Å²) in [6.45, 7) is 2.04. The van der Waals surface area contributed by atoms with Gasteiger partial charge in [-0.2, -0.15) is 0 Å². The maximum Gasteiger partial charge on any atom is 0.137 e. The van der Waals surface area contributed by atoms with E-state index < -0.39 is 0 Å². The normalized spacial score (nSPS) is 12.7. The van der Waals surface area contributed by atoms with Crippen LogP contribution in [0.15, 0.2) is 52.9 Å². The summed E-state index contributed by atoms with van der Waals surface area (Å²) in [5, 5.41) is 4.35. The largest absolute Gasteiger partial charge is 0.459 e. The third kappa shape index (κ3) is 2.83. The van der Waals surface area contributed by atoms with Gasteiger partial charge in [-0.3, -0.25) is 0 Å². The van der Waals surface area contributed by atoms with Crippen LogP contribution in [0, 0.1) is 12.7 Å². The maximum absolute atomic E-state index is 13.3. The van der Waals surface area contributed by atoms with Gasteiger partial charge in [0.05, 0.1) is 6.04 Å². The van der Waals surface area contributed by atoms with Crippen LogP contribution in [-0.2, 0) is 6.42 Å². The van der Waals surface area contributed by atoms with E-state index in [4.69, 9.17) is 4.42 Å². The van der Waals surface area contributed by atoms with E-state index >= 15 is 0 Å². The Morgan fingerprint density at radius 3 is 2.67 bits per heavy atom. The summed E-state index contributed by atoms with van der Waals surface area (Å²) in [6, 6.07) is 14.9. The van der Waals surface area contributed by atoms with Crippen molar-refractivity contribution in [1.29, 1.82) is 0 Å². The molecule has 0 aliphatic heterocycles. The number of hydrogen-bond donors (Lipinski definition) is 1. The van der Waals surface area contributed by atoms with E-state index in [1.807, 2.05) is 38.2 Å². The van der Waals surface area contributed by atoms with Crippen molar-refractivity contribution < 1.29 is 8.81 Å². The quantitative estimate of drug-likeness (QED) is 0.768. The molecule has 2 nitrogen and oxygen atoms in total. The molecule has 2 aromatic carbocycles. The van der Waals surface area contributed by atoms with Crippen molar-refractivity contribution in [3.63, 3.8) is 0 Å². The molecule has 1 aromatic heterocycles. The number of benzene rings is 2. The highest BCUT2D eigenvalue weighted by Gasteiger charge is 2.16. The predicted octanol–water partition coefficient (Wildman–Crippen LogP) is 4.38. The van der Waals surface area contributed by atoms with E-state index in [2.05, 4.69) is 11.4 Å². The zero-order chi connectivity index (χ0) is 14.8. The van der Waals surface area contributed by atoms with E-state index in [0.717, 1.165) is 27.9 Å². The smallest absolute Gasteiger partial charge is 0.137 e. The van der Waals surface area contributed by atoms with Gasteiger partial charge < -0.3 is 9.73 Å². The molecule has 0 amide bonds. The second-order valence-corrected chi connectivity index (χ2v) is 5.32. The Hall–Kier alpha value is -2.13. The molecule has 21 heavy (non-hydrogen) atoms. The molecular weight excluding hydrogens is 265 g/mol. The van der Waals surface area contributed by atoms with E-state index in [1.54, 1.807) is 12.1 Å². The lowest BCUT2D eigenvalue weighted by molar-refractivity contribution is 0.449. The number of rotatable bonds is 4. The average molecular weight is 283 g/mol. The van der Waals surface area contributed by atoms with Crippen molar-refractivity contribution in [3.05, 3.63) is 71.2 Å². The Morgan fingerprint density at radius 2 is 1.95 bits per heavy atom. The topological polar surface area (TPSA) is 25.2 Å². The lowest BCUT2D eigenvalue weighted by Gasteiger charge is -2.13. The molecule has 3 aromatic rings. The molecule has 0 aliphatic carbocycles. The number of fused-ring (bicyclic) bond motifs is 1. The van der Waals surface area contributed by atoms with Crippen LogP contribution in [0.5, 0.6) is 0 Å². The summed E-state index contributed by atoms with van der Waals surface area (Å²) in [7, 11) is 1.89. The third-order valence-electron chi connectivity index (χ3n) is 3.78. The SMILES string of the molecule is CNC(Cc1cccc(F)c1)c1cc2cccc(C)c2o1. The van der Waals surface area contributed by atoms with E-state index in [9.17, 15) is 4.39 Å². The van der Waals surface area contributed by atoms with Crippen LogP contribution in [0.1, 0.15) is 22.9 Å². The van der Waals surface area contributed by atoms with E-state index in [-0.39, 0.29) is 11.9 Å². The van der Waals surface area contributed by atoms with Crippen molar-refractivity contribution in [1.82, 2.24) is 5.32 Å². The molecule has 1 atom stereocenters. The number of aryl methyl sites for hydroxylation is 1. The highest BCUT2D eigenvalue weighted by Crippen LogP contribution is 2.28. The van der Waals surface area contributed by atoms with Crippen LogP contribution in [0.25, 0.3) is 11.0 Å². The molecule has 0 spiro atoms. The second-order valence-electron chi connectivity index (χ2n) is 5.32. The minimum Gasteiger partial charge on any atom is -0.459 e. The maximum atomic E-state index is 13.3. The number of furan rings is 1. The van der Waals surface area contributed by atoms with Crippen LogP contribution in [-0.4, -0.2) is 7.05 Å². The molecule has 1 N–H and O–H groups in total. The van der Waals surface area contributed by atoms with Gasteiger partial charge in [0.1, 0.15) is 17.2 Å². The van der Waals surface area contributed by atoms with Crippen molar-refractivity contribution in [2.75, 3.05) is 7.05 Å². The van der Waals surface area contributed by atoms with Gasteiger partial charge in [-0.15, -0.1) is 0 Å². The average Bonchev–Trinajstić information content (AvgIpc) is 2.90. The minimum absolute atomic E-state index is 0.0265. The molecule has 0 saturated heterocycles. The Morgan fingerprint density at radius 1 is 1.14 bits per heavy atom. The monoisotopic (exact) mass is 283 g/mol. The van der Waals surface area contributed by atoms with Gasteiger partial charge >= 0.3 is 0 Å². The minimum atomic E-state index is -0.206. The number of para-hydroxylation sites is 1. The van der Waals surface area contributed by atoms with Gasteiger partial charge in [0.15, 0.2) is 0 Å². The van der Waals surface area contributed by atoms with Gasteiger partial charge in [0.2, 0.25) is 0 Å². The Bertz CT molecular complexity index is 763. The standard InChI is InChI=1S/C18H18FNO/c1-12-5-3-7-14-11-17(21-18(12)14)16(20-2)10-13-6-4-8-15(19)9-13/h3-9,11,16,20H,10H2,1-2H3. The lowest BCUT2D eigenvalue weighted by Crippen LogP contribution is -2.18. The number of likely N-dealkylation sites (N-methyl/N-ethyl adjacent to an activating group) is 1. The molecule has 1 unspecified atom stereocenters. The number of nitrogens with one attached hydrogen (secondary N) is 1. The van der Waals surface area contributed by atoms with Crippen LogP contribution in [0.3, 0.4) is 0 Å². The molecule has 108 valence electrons. The van der Waals surface area contributed by atoms with Crippen molar-refractivity contribution in [2.24, 2.45) is 0 Å². The van der Waals surface area contributed by atoms with Crippen LogP contribution < -0.4 is 5.32 Å². The van der Waals surface area contributed by atoms with E-state index in [1.165, 1.54) is 6.07 Å². The van der Waals surface area contributed by atoms with Crippen molar-refractivity contribution in [2.45, 2.75) is 19.4 Å². The Labute approximate surface area is 123 Å². The summed E-state index contributed by atoms with van der Waals surface area (Å²) in [5.41, 5.74) is 3.00. The second kappa shape index (κ2) is 5.70. The fraction of sp³-hybridized carbons (Fsp3) is 0.222. The summed E-state index contributed by atoms with van der Waals surface area (Å²) in [5.74, 6) is 0.675. The number of halogens is 1. The fourth-order valence-corrected chi connectivity index (χ4v) is 2.65. The molecule has 3 rings (SSSR count). The zero-order valence-electron chi connectivity index (χ0n) is 12.2. The summed E-state index contributed by atoms with van der Waals surface area (Å²) >= 11 is 0. The summed E-state index contributed by atoms with van der Waals surface area (Å²) < 4.78 is 19.3. The first-order chi connectivity index (χ1) is 10.2. The molecular formula is C18H18FNO. The molecule has 0 radical (unpaired) electrons. The van der Waals surface area contributed by atoms with Gasteiger partial charge in [0, 0.05) is 5.39 Å². The highest BCUT2D eigenvalue weighted by molar-refractivity contribution is 5.81. The molecule has 0 saturated carbocycles. The molecule has 0 fully saturated rings. The van der Waals surface area contributed by atoms with Crippen molar-refractivity contribution in [3.8, 4) is 0 Å². The summed E-state index contributed by atoms with van der Waals surface area (Å²) in [4.78, 5) is 0. The van der Waals surface area contributed by atoms with Crippen LogP contribution >= 0.6 is 0 Å². The number of hydrogen-bond acceptors (Lipinski definition) is 2. The molecule has 3 heteroatoms. The first-order valence-corrected chi connectivity index (χ1v) is 7.08. The van der Waals surface area contributed by atoms with Gasteiger partial charge in [-0.25, -0.2) is 4.39 Å². The van der Waals surface area contributed by atoms with Gasteiger partial charge in [0.25, 0.3) is 0 Å². The Balaban J connectivity index is 1.93. The van der Waals surface area contributed by atoms with Gasteiger partial charge in [-0.1, -0.05) is 30.3 Å². The lowest BCUT2D eigenvalue weighted by atomic mass is 10.0. The van der Waals surface area contributed by atoms with Gasteiger partial charge in [-0.05, 0) is 49.7 Å². The van der Waals surface area contributed by atoms with E-state index in [0.29, 0.717) is 6.42 Å². The molecule has 0 aliphatic rings. The zero-order valence-corrected chi connectivity index (χ0v) is 12.2. The van der Waals surface area contributed by atoms with Crippen LogP contribution in [0.2, 0.25) is 0 Å². The Kier molecular flexibility index (Phi) is 3.76.